The van der Waals surface area contributed by atoms with E-state index in [0.717, 1.165) is 18.2 Å². The minimum Gasteiger partial charge on any atom is -0.344 e. The molecule has 2 rings (SSSR count). The fraction of sp³-hybridized carbons (Fsp3) is 0.750. The lowest BCUT2D eigenvalue weighted by Gasteiger charge is -2.27. The van der Waals surface area contributed by atoms with E-state index in [9.17, 15) is 0 Å². The molecule has 2 atom stereocenters. The predicted molar refractivity (Wildman–Crippen MR) is 73.6 cm³/mol. The highest BCUT2D eigenvalue weighted by atomic mass is 32.1. The highest BCUT2D eigenvalue weighted by Gasteiger charge is 2.22. The lowest BCUT2D eigenvalue weighted by atomic mass is 10.3. The van der Waals surface area contributed by atoms with Crippen LogP contribution in [0.1, 0.15) is 31.2 Å². The van der Waals surface area contributed by atoms with Crippen molar-refractivity contribution in [2.24, 2.45) is 5.73 Å². The number of nitrogens with two attached hydrogens (primary N) is 1. The summed E-state index contributed by atoms with van der Waals surface area (Å²) < 4.78 is 0. The zero-order chi connectivity index (χ0) is 12.4. The number of rotatable bonds is 2. The van der Waals surface area contributed by atoms with E-state index in [0.29, 0.717) is 6.04 Å². The van der Waals surface area contributed by atoms with Crippen LogP contribution in [0.4, 0.5) is 5.13 Å². The Morgan fingerprint density at radius 1 is 1.53 bits per heavy atom. The van der Waals surface area contributed by atoms with Crippen molar-refractivity contribution in [3.63, 3.8) is 0 Å². The molecule has 96 valence electrons. The van der Waals surface area contributed by atoms with Crippen LogP contribution < -0.4 is 10.6 Å². The summed E-state index contributed by atoms with van der Waals surface area (Å²) >= 11 is 1.73. The van der Waals surface area contributed by atoms with Crippen molar-refractivity contribution in [1.29, 1.82) is 0 Å². The van der Waals surface area contributed by atoms with E-state index in [-0.39, 0.29) is 6.04 Å². The first-order valence-corrected chi connectivity index (χ1v) is 7.06. The lowest BCUT2D eigenvalue weighted by molar-refractivity contribution is 0.337. The Morgan fingerprint density at radius 2 is 2.29 bits per heavy atom. The summed E-state index contributed by atoms with van der Waals surface area (Å²) in [5.41, 5.74) is 5.89. The molecular formula is C12H22N4S. The number of nitrogens with zero attached hydrogens (tertiary/aromatic N) is 3. The standard InChI is InChI=1S/C12H22N4S/c1-9-8-15(3)5-4-6-16(9)12-14-7-11(17-12)10(2)13/h7,9-10H,4-6,8,13H2,1-3H3. The van der Waals surface area contributed by atoms with Gasteiger partial charge in [0.15, 0.2) is 5.13 Å². The largest absolute Gasteiger partial charge is 0.344 e. The minimum atomic E-state index is 0.0891. The average Bonchev–Trinajstić information content (AvgIpc) is 2.67. The van der Waals surface area contributed by atoms with Crippen LogP contribution in [0.2, 0.25) is 0 Å². The maximum atomic E-state index is 5.89. The monoisotopic (exact) mass is 254 g/mol. The molecule has 2 unspecified atom stereocenters. The molecule has 2 heterocycles. The van der Waals surface area contributed by atoms with Crippen molar-refractivity contribution in [3.8, 4) is 0 Å². The van der Waals surface area contributed by atoms with Gasteiger partial charge >= 0.3 is 0 Å². The summed E-state index contributed by atoms with van der Waals surface area (Å²) in [6, 6.07) is 0.612. The molecule has 0 radical (unpaired) electrons. The van der Waals surface area contributed by atoms with Gasteiger partial charge in [-0.3, -0.25) is 0 Å². The second kappa shape index (κ2) is 5.33. The van der Waals surface area contributed by atoms with Gasteiger partial charge in [0, 0.05) is 36.2 Å². The maximum absolute atomic E-state index is 5.89. The number of thiazole rings is 1. The SMILES string of the molecule is CC(N)c1cnc(N2CCCN(C)CC2C)s1. The number of hydrogen-bond acceptors (Lipinski definition) is 5. The van der Waals surface area contributed by atoms with Gasteiger partial charge in [0.2, 0.25) is 0 Å². The zero-order valence-electron chi connectivity index (χ0n) is 10.9. The average molecular weight is 254 g/mol. The summed E-state index contributed by atoms with van der Waals surface area (Å²) in [6.45, 7) is 7.66. The fourth-order valence-corrected chi connectivity index (χ4v) is 3.27. The number of likely N-dealkylation sites (N-methyl/N-ethyl adjacent to an activating group) is 1. The molecule has 0 amide bonds. The fourth-order valence-electron chi connectivity index (χ4n) is 2.28. The molecule has 2 N–H and O–H groups in total. The quantitative estimate of drug-likeness (QED) is 0.872. The van der Waals surface area contributed by atoms with Crippen LogP contribution in [-0.2, 0) is 0 Å². The van der Waals surface area contributed by atoms with Gasteiger partial charge in [-0.15, -0.1) is 11.3 Å². The summed E-state index contributed by atoms with van der Waals surface area (Å²) in [4.78, 5) is 10.5. The second-order valence-corrected chi connectivity index (χ2v) is 6.03. The molecule has 5 heteroatoms. The molecule has 1 aliphatic heterocycles. The Morgan fingerprint density at radius 3 is 2.94 bits per heavy atom. The molecule has 0 aliphatic carbocycles. The van der Waals surface area contributed by atoms with Crippen molar-refractivity contribution in [2.75, 3.05) is 31.6 Å². The van der Waals surface area contributed by atoms with Crippen LogP contribution >= 0.6 is 11.3 Å². The Labute approximate surface area is 107 Å². The molecule has 17 heavy (non-hydrogen) atoms. The topological polar surface area (TPSA) is 45.4 Å². The first-order chi connectivity index (χ1) is 8.08. The van der Waals surface area contributed by atoms with Crippen LogP contribution in [-0.4, -0.2) is 42.6 Å². The van der Waals surface area contributed by atoms with Gasteiger partial charge in [-0.05, 0) is 33.9 Å². The molecule has 1 saturated heterocycles. The highest BCUT2D eigenvalue weighted by Crippen LogP contribution is 2.28. The Balaban J connectivity index is 2.13. The highest BCUT2D eigenvalue weighted by molar-refractivity contribution is 7.15. The van der Waals surface area contributed by atoms with Gasteiger partial charge in [0.05, 0.1) is 0 Å². The zero-order valence-corrected chi connectivity index (χ0v) is 11.7. The smallest absolute Gasteiger partial charge is 0.185 e. The molecule has 0 saturated carbocycles. The van der Waals surface area contributed by atoms with E-state index < -0.39 is 0 Å². The van der Waals surface area contributed by atoms with Gasteiger partial charge in [0.1, 0.15) is 0 Å². The minimum absolute atomic E-state index is 0.0891. The van der Waals surface area contributed by atoms with Crippen LogP contribution in [0.5, 0.6) is 0 Å². The third-order valence-corrected chi connectivity index (χ3v) is 4.49. The number of anilines is 1. The molecule has 1 aromatic heterocycles. The van der Waals surface area contributed by atoms with E-state index in [1.165, 1.54) is 17.8 Å². The van der Waals surface area contributed by atoms with Crippen LogP contribution in [0.3, 0.4) is 0 Å². The summed E-state index contributed by atoms with van der Waals surface area (Å²) in [7, 11) is 2.19. The van der Waals surface area contributed by atoms with Crippen LogP contribution in [0, 0.1) is 0 Å². The van der Waals surface area contributed by atoms with Gasteiger partial charge in [0.25, 0.3) is 0 Å². The van der Waals surface area contributed by atoms with Crippen molar-refractivity contribution in [3.05, 3.63) is 11.1 Å². The third kappa shape index (κ3) is 2.97. The first kappa shape index (κ1) is 12.8. The van der Waals surface area contributed by atoms with Crippen molar-refractivity contribution >= 4 is 16.5 Å². The molecule has 0 bridgehead atoms. The molecule has 1 aromatic rings. The number of aromatic nitrogens is 1. The first-order valence-electron chi connectivity index (χ1n) is 6.24. The Kier molecular flexibility index (Phi) is 4.01. The van der Waals surface area contributed by atoms with Gasteiger partial charge in [-0.25, -0.2) is 4.98 Å². The number of hydrogen-bond donors (Lipinski definition) is 1. The maximum Gasteiger partial charge on any atom is 0.185 e. The molecular weight excluding hydrogens is 232 g/mol. The molecule has 1 aliphatic rings. The van der Waals surface area contributed by atoms with E-state index in [2.05, 4.69) is 28.8 Å². The molecule has 1 fully saturated rings. The van der Waals surface area contributed by atoms with E-state index in [1.807, 2.05) is 13.1 Å². The van der Waals surface area contributed by atoms with Gasteiger partial charge in [-0.2, -0.15) is 0 Å². The van der Waals surface area contributed by atoms with Gasteiger partial charge < -0.3 is 15.5 Å². The van der Waals surface area contributed by atoms with E-state index in [1.54, 1.807) is 11.3 Å². The lowest BCUT2D eigenvalue weighted by Crippen LogP contribution is -2.37. The Bertz CT molecular complexity index is 363. The molecule has 0 spiro atoms. The summed E-state index contributed by atoms with van der Waals surface area (Å²) in [5.74, 6) is 0. The predicted octanol–water partition coefficient (Wildman–Crippen LogP) is 1.69. The summed E-state index contributed by atoms with van der Waals surface area (Å²) in [5, 5.41) is 1.13. The molecule has 4 nitrogen and oxygen atoms in total. The van der Waals surface area contributed by atoms with Crippen molar-refractivity contribution in [1.82, 2.24) is 9.88 Å². The van der Waals surface area contributed by atoms with E-state index in [4.69, 9.17) is 5.73 Å². The van der Waals surface area contributed by atoms with Gasteiger partial charge in [-0.1, -0.05) is 0 Å². The summed E-state index contributed by atoms with van der Waals surface area (Å²) in [6.07, 6.45) is 3.12. The third-order valence-electron chi connectivity index (χ3n) is 3.25. The van der Waals surface area contributed by atoms with Crippen molar-refractivity contribution in [2.45, 2.75) is 32.4 Å². The van der Waals surface area contributed by atoms with Crippen molar-refractivity contribution < 1.29 is 0 Å². The van der Waals surface area contributed by atoms with Crippen LogP contribution in [0.25, 0.3) is 0 Å². The Hall–Kier alpha value is -0.650. The molecule has 0 aromatic carbocycles. The van der Waals surface area contributed by atoms with Crippen LogP contribution in [0.15, 0.2) is 6.20 Å². The second-order valence-electron chi connectivity index (χ2n) is 4.99. The van der Waals surface area contributed by atoms with E-state index >= 15 is 0 Å². The normalized spacial score (nSPS) is 24.7.